The molecule has 1 heterocycles. The van der Waals surface area contributed by atoms with E-state index in [1.807, 2.05) is 0 Å². The second kappa shape index (κ2) is 8.14. The van der Waals surface area contributed by atoms with Crippen LogP contribution < -0.4 is 14.4 Å². The van der Waals surface area contributed by atoms with Crippen molar-refractivity contribution in [2.24, 2.45) is 0 Å². The highest BCUT2D eigenvalue weighted by Gasteiger charge is 2.28. The zero-order chi connectivity index (χ0) is 22.3. The van der Waals surface area contributed by atoms with Gasteiger partial charge in [0, 0.05) is 28.7 Å². The van der Waals surface area contributed by atoms with Crippen LogP contribution >= 0.6 is 0 Å². The van der Waals surface area contributed by atoms with Crippen molar-refractivity contribution in [2.45, 2.75) is 71.9 Å². The summed E-state index contributed by atoms with van der Waals surface area (Å²) in [6.07, 6.45) is 1.03. The summed E-state index contributed by atoms with van der Waals surface area (Å²) in [6.45, 7) is 16.0. The Hall–Kier alpha value is -2.20. The molecule has 2 aromatic carbocycles. The topological polar surface area (TPSA) is 43.1 Å². The third-order valence-corrected chi connectivity index (χ3v) is 6.13. The van der Waals surface area contributed by atoms with E-state index in [9.17, 15) is 5.11 Å². The summed E-state index contributed by atoms with van der Waals surface area (Å²) in [5.74, 6) is 2.06. The molecular weight excluding hydrogens is 374 g/mol. The van der Waals surface area contributed by atoms with Crippen molar-refractivity contribution in [1.82, 2.24) is 0 Å². The monoisotopic (exact) mass is 412 g/mol. The molecule has 2 N–H and O–H groups in total. The van der Waals surface area contributed by atoms with Crippen LogP contribution in [0, 0.1) is 0 Å². The van der Waals surface area contributed by atoms with Crippen LogP contribution in [0.25, 0.3) is 0 Å². The maximum absolute atomic E-state index is 11.0. The SMILES string of the molecule is COc1cc2c(cc1OC)C[NH+](Cc1cc(C(C)(C)C)c(O)c(C(C)(C)C)c1)CC2. The molecule has 1 unspecified atom stereocenters. The van der Waals surface area contributed by atoms with Gasteiger partial charge in [0.05, 0.1) is 20.8 Å². The molecule has 4 heteroatoms. The molecule has 1 aliphatic rings. The highest BCUT2D eigenvalue weighted by atomic mass is 16.5. The lowest BCUT2D eigenvalue weighted by Gasteiger charge is -2.30. The first kappa shape index (κ1) is 22.5. The molecule has 0 fully saturated rings. The summed E-state index contributed by atoms with van der Waals surface area (Å²) < 4.78 is 11.0. The summed E-state index contributed by atoms with van der Waals surface area (Å²) in [5.41, 5.74) is 5.84. The van der Waals surface area contributed by atoms with Gasteiger partial charge in [0.25, 0.3) is 0 Å². The van der Waals surface area contributed by atoms with E-state index in [4.69, 9.17) is 9.47 Å². The first-order chi connectivity index (χ1) is 13.9. The van der Waals surface area contributed by atoms with Crippen LogP contribution in [0.3, 0.4) is 0 Å². The minimum atomic E-state index is -0.103. The first-order valence-electron chi connectivity index (χ1n) is 10.9. The van der Waals surface area contributed by atoms with E-state index in [1.165, 1.54) is 21.6 Å². The van der Waals surface area contributed by atoms with Crippen LogP contribution in [0.5, 0.6) is 17.2 Å². The van der Waals surface area contributed by atoms with E-state index < -0.39 is 0 Å². The van der Waals surface area contributed by atoms with Crippen molar-refractivity contribution < 1.29 is 19.5 Å². The number of hydrogen-bond donors (Lipinski definition) is 2. The van der Waals surface area contributed by atoms with Crippen LogP contribution in [-0.4, -0.2) is 25.9 Å². The molecule has 2 aromatic rings. The van der Waals surface area contributed by atoms with Gasteiger partial charge in [-0.05, 0) is 40.7 Å². The molecule has 0 bridgehead atoms. The quantitative estimate of drug-likeness (QED) is 0.793. The van der Waals surface area contributed by atoms with Gasteiger partial charge >= 0.3 is 0 Å². The van der Waals surface area contributed by atoms with Crippen LogP contribution in [-0.2, 0) is 30.3 Å². The summed E-state index contributed by atoms with van der Waals surface area (Å²) in [6, 6.07) is 8.68. The summed E-state index contributed by atoms with van der Waals surface area (Å²) in [4.78, 5) is 1.53. The standard InChI is InChI=1S/C26H37NO3/c1-25(2,3)20-11-17(12-21(24(20)28)26(4,5)6)15-27-10-9-18-13-22(29-7)23(30-8)14-19(18)16-27/h11-14,28H,9-10,15-16H2,1-8H3/p+1. The van der Waals surface area contributed by atoms with E-state index in [0.29, 0.717) is 5.75 Å². The number of aromatic hydroxyl groups is 1. The van der Waals surface area contributed by atoms with Crippen LogP contribution in [0.1, 0.15) is 69.4 Å². The second-order valence-corrected chi connectivity index (χ2v) is 10.6. The zero-order valence-corrected chi connectivity index (χ0v) is 19.9. The number of phenolic OH excluding ortho intramolecular Hbond substituents is 1. The zero-order valence-electron chi connectivity index (χ0n) is 19.9. The minimum absolute atomic E-state index is 0.103. The fourth-order valence-electron chi connectivity index (χ4n) is 4.41. The number of hydrogen-bond acceptors (Lipinski definition) is 3. The predicted molar refractivity (Wildman–Crippen MR) is 122 cm³/mol. The fourth-order valence-corrected chi connectivity index (χ4v) is 4.41. The maximum atomic E-state index is 11.0. The Balaban J connectivity index is 1.92. The number of methoxy groups -OCH3 is 2. The molecule has 164 valence electrons. The number of fused-ring (bicyclic) bond motifs is 1. The second-order valence-electron chi connectivity index (χ2n) is 10.6. The van der Waals surface area contributed by atoms with E-state index in [1.54, 1.807) is 14.2 Å². The van der Waals surface area contributed by atoms with Crippen molar-refractivity contribution in [1.29, 1.82) is 0 Å². The average Bonchev–Trinajstić information content (AvgIpc) is 2.66. The Morgan fingerprint density at radius 1 is 0.833 bits per heavy atom. The van der Waals surface area contributed by atoms with Crippen molar-refractivity contribution in [2.75, 3.05) is 20.8 Å². The first-order valence-corrected chi connectivity index (χ1v) is 10.9. The van der Waals surface area contributed by atoms with Gasteiger partial charge in [-0.2, -0.15) is 0 Å². The summed E-state index contributed by atoms with van der Waals surface area (Å²) in [7, 11) is 3.38. The molecule has 4 nitrogen and oxygen atoms in total. The molecule has 0 saturated heterocycles. The Labute approximate surface area is 181 Å². The Morgan fingerprint density at radius 2 is 1.33 bits per heavy atom. The minimum Gasteiger partial charge on any atom is -0.507 e. The van der Waals surface area contributed by atoms with Crippen molar-refractivity contribution in [3.8, 4) is 17.2 Å². The fraction of sp³-hybridized carbons (Fsp3) is 0.538. The van der Waals surface area contributed by atoms with Gasteiger partial charge < -0.3 is 19.5 Å². The van der Waals surface area contributed by atoms with Gasteiger partial charge in [-0.15, -0.1) is 0 Å². The number of ether oxygens (including phenoxy) is 2. The van der Waals surface area contributed by atoms with Crippen LogP contribution in [0.4, 0.5) is 0 Å². The Bertz CT molecular complexity index is 884. The molecule has 0 amide bonds. The van der Waals surface area contributed by atoms with E-state index in [2.05, 4.69) is 65.8 Å². The van der Waals surface area contributed by atoms with Crippen molar-refractivity contribution >= 4 is 0 Å². The number of quaternary nitrogens is 1. The predicted octanol–water partition coefficient (Wildman–Crippen LogP) is 4.15. The van der Waals surface area contributed by atoms with Crippen LogP contribution in [0.2, 0.25) is 0 Å². The van der Waals surface area contributed by atoms with Crippen molar-refractivity contribution in [3.05, 3.63) is 52.1 Å². The molecular formula is C26H38NO3+. The third-order valence-electron chi connectivity index (χ3n) is 6.13. The van der Waals surface area contributed by atoms with Crippen LogP contribution in [0.15, 0.2) is 24.3 Å². The molecule has 0 aliphatic carbocycles. The average molecular weight is 413 g/mol. The van der Waals surface area contributed by atoms with E-state index >= 15 is 0 Å². The molecule has 1 aliphatic heterocycles. The van der Waals surface area contributed by atoms with E-state index in [-0.39, 0.29) is 10.8 Å². The smallest absolute Gasteiger partial charge is 0.161 e. The third kappa shape index (κ3) is 4.59. The molecule has 3 rings (SSSR count). The van der Waals surface area contributed by atoms with Gasteiger partial charge in [-0.3, -0.25) is 0 Å². The molecule has 0 aromatic heterocycles. The van der Waals surface area contributed by atoms with Gasteiger partial charge in [0.1, 0.15) is 18.8 Å². The van der Waals surface area contributed by atoms with E-state index in [0.717, 1.165) is 48.7 Å². The maximum Gasteiger partial charge on any atom is 0.161 e. The molecule has 0 radical (unpaired) electrons. The number of nitrogens with one attached hydrogen (secondary N) is 1. The van der Waals surface area contributed by atoms with Crippen molar-refractivity contribution in [3.63, 3.8) is 0 Å². The molecule has 30 heavy (non-hydrogen) atoms. The normalized spacial score (nSPS) is 16.9. The summed E-state index contributed by atoms with van der Waals surface area (Å²) >= 11 is 0. The number of benzene rings is 2. The van der Waals surface area contributed by atoms with Gasteiger partial charge in [-0.25, -0.2) is 0 Å². The highest BCUT2D eigenvalue weighted by molar-refractivity contribution is 5.50. The summed E-state index contributed by atoms with van der Waals surface area (Å²) in [5, 5.41) is 11.0. The molecule has 1 atom stereocenters. The molecule has 0 spiro atoms. The lowest BCUT2D eigenvalue weighted by Crippen LogP contribution is -3.10. The lowest BCUT2D eigenvalue weighted by atomic mass is 9.78. The molecule has 0 saturated carbocycles. The Kier molecular flexibility index (Phi) is 6.10. The highest BCUT2D eigenvalue weighted by Crippen LogP contribution is 2.39. The van der Waals surface area contributed by atoms with Gasteiger partial charge in [-0.1, -0.05) is 41.5 Å². The van der Waals surface area contributed by atoms with Gasteiger partial charge in [0.15, 0.2) is 11.5 Å². The number of rotatable bonds is 4. The van der Waals surface area contributed by atoms with Gasteiger partial charge in [0.2, 0.25) is 0 Å². The lowest BCUT2D eigenvalue weighted by molar-refractivity contribution is -0.929. The Morgan fingerprint density at radius 3 is 1.80 bits per heavy atom. The largest absolute Gasteiger partial charge is 0.507 e. The number of phenols is 1.